The van der Waals surface area contributed by atoms with Gasteiger partial charge in [0.2, 0.25) is 0 Å². The molecule has 68 valence electrons. The van der Waals surface area contributed by atoms with Gasteiger partial charge in [0.05, 0.1) is 23.0 Å². The molecule has 0 bridgehead atoms. The summed E-state index contributed by atoms with van der Waals surface area (Å²) in [6, 6.07) is 1.78. The molecule has 3 N–H and O–H groups in total. The van der Waals surface area contributed by atoms with Crippen LogP contribution in [0.25, 0.3) is 22.1 Å². The predicted molar refractivity (Wildman–Crippen MR) is 53.6 cm³/mol. The van der Waals surface area contributed by atoms with Crippen LogP contribution < -0.4 is 5.73 Å². The first kappa shape index (κ1) is 7.25. The van der Waals surface area contributed by atoms with E-state index in [4.69, 9.17) is 5.73 Å². The second-order valence-electron chi connectivity index (χ2n) is 3.02. The zero-order valence-corrected chi connectivity index (χ0v) is 7.23. The maximum Gasteiger partial charge on any atom is 0.114 e. The van der Waals surface area contributed by atoms with Crippen LogP contribution >= 0.6 is 0 Å². The molecule has 0 radical (unpaired) electrons. The van der Waals surface area contributed by atoms with Gasteiger partial charge in [-0.3, -0.25) is 9.97 Å². The van der Waals surface area contributed by atoms with E-state index in [9.17, 15) is 0 Å². The SMILES string of the molecule is Nc1cc2nccnc2c2[nH]cnc12. The van der Waals surface area contributed by atoms with Crippen molar-refractivity contribution in [2.24, 2.45) is 0 Å². The number of anilines is 1. The van der Waals surface area contributed by atoms with Gasteiger partial charge in [0.15, 0.2) is 0 Å². The zero-order chi connectivity index (χ0) is 9.54. The molecule has 3 rings (SSSR count). The number of rotatable bonds is 0. The minimum absolute atomic E-state index is 0.620. The second-order valence-corrected chi connectivity index (χ2v) is 3.02. The number of benzene rings is 1. The lowest BCUT2D eigenvalue weighted by Gasteiger charge is -1.99. The maximum atomic E-state index is 5.82. The number of aromatic amines is 1. The average molecular weight is 185 g/mol. The molecule has 0 aliphatic carbocycles. The molecule has 0 aliphatic rings. The van der Waals surface area contributed by atoms with E-state index in [1.165, 1.54) is 0 Å². The van der Waals surface area contributed by atoms with E-state index in [1.807, 2.05) is 0 Å². The van der Waals surface area contributed by atoms with E-state index in [2.05, 4.69) is 19.9 Å². The molecule has 1 aromatic carbocycles. The lowest BCUT2D eigenvalue weighted by molar-refractivity contribution is 1.29. The van der Waals surface area contributed by atoms with Crippen LogP contribution in [0.1, 0.15) is 0 Å². The molecule has 0 fully saturated rings. The van der Waals surface area contributed by atoms with Crippen molar-refractivity contribution in [1.82, 2.24) is 19.9 Å². The molecule has 0 saturated heterocycles. The minimum Gasteiger partial charge on any atom is -0.397 e. The van der Waals surface area contributed by atoms with Crippen LogP contribution in [0.5, 0.6) is 0 Å². The summed E-state index contributed by atoms with van der Waals surface area (Å²) in [5.41, 5.74) is 9.60. The molecule has 5 heteroatoms. The summed E-state index contributed by atoms with van der Waals surface area (Å²) >= 11 is 0. The van der Waals surface area contributed by atoms with Crippen LogP contribution in [0, 0.1) is 0 Å². The third-order valence-electron chi connectivity index (χ3n) is 2.17. The predicted octanol–water partition coefficient (Wildman–Crippen LogP) is 1.09. The van der Waals surface area contributed by atoms with Crippen LogP contribution in [0.15, 0.2) is 24.8 Å². The summed E-state index contributed by atoms with van der Waals surface area (Å²) in [6.45, 7) is 0. The highest BCUT2D eigenvalue weighted by atomic mass is 14.9. The molecule has 14 heavy (non-hydrogen) atoms. The van der Waals surface area contributed by atoms with Gasteiger partial charge in [0.1, 0.15) is 11.0 Å². The monoisotopic (exact) mass is 185 g/mol. The van der Waals surface area contributed by atoms with E-state index >= 15 is 0 Å². The smallest absolute Gasteiger partial charge is 0.114 e. The molecule has 0 saturated carbocycles. The molecule has 3 aromatic rings. The van der Waals surface area contributed by atoms with Crippen LogP contribution in [-0.2, 0) is 0 Å². The molecule has 0 amide bonds. The summed E-state index contributed by atoms with van der Waals surface area (Å²) in [6.07, 6.45) is 4.90. The Labute approximate surface area is 79.0 Å². The number of H-pyrrole nitrogens is 1. The molecule has 0 unspecified atom stereocenters. The summed E-state index contributed by atoms with van der Waals surface area (Å²) in [5.74, 6) is 0. The van der Waals surface area contributed by atoms with Crippen LogP contribution in [-0.4, -0.2) is 19.9 Å². The van der Waals surface area contributed by atoms with E-state index in [0.717, 1.165) is 22.1 Å². The summed E-state index contributed by atoms with van der Waals surface area (Å²) in [4.78, 5) is 15.5. The fraction of sp³-hybridized carbons (Fsp3) is 0. The van der Waals surface area contributed by atoms with Crippen molar-refractivity contribution in [2.75, 3.05) is 5.73 Å². The fourth-order valence-corrected chi connectivity index (χ4v) is 1.56. The van der Waals surface area contributed by atoms with Crippen molar-refractivity contribution in [3.63, 3.8) is 0 Å². The molecule has 0 spiro atoms. The minimum atomic E-state index is 0.620. The highest BCUT2D eigenvalue weighted by molar-refractivity contribution is 6.05. The largest absolute Gasteiger partial charge is 0.397 e. The maximum absolute atomic E-state index is 5.82. The van der Waals surface area contributed by atoms with Crippen LogP contribution in [0.4, 0.5) is 5.69 Å². The standard InChI is InChI=1S/C9H7N5/c10-5-3-6-8(12-2-1-11-6)9-7(5)13-4-14-9/h1-4H,10H2,(H,13,14). The normalized spacial score (nSPS) is 11.1. The molecule has 0 atom stereocenters. The Balaban J connectivity index is 2.66. The summed E-state index contributed by atoms with van der Waals surface area (Å²) in [5, 5.41) is 0. The van der Waals surface area contributed by atoms with Gasteiger partial charge in [-0.15, -0.1) is 0 Å². The first-order chi connectivity index (χ1) is 6.86. The molecule has 2 aromatic heterocycles. The highest BCUT2D eigenvalue weighted by Gasteiger charge is 2.07. The van der Waals surface area contributed by atoms with E-state index in [1.54, 1.807) is 24.8 Å². The molecular weight excluding hydrogens is 178 g/mol. The van der Waals surface area contributed by atoms with Crippen molar-refractivity contribution in [1.29, 1.82) is 0 Å². The molecule has 2 heterocycles. The zero-order valence-electron chi connectivity index (χ0n) is 7.23. The van der Waals surface area contributed by atoms with Gasteiger partial charge in [-0.25, -0.2) is 4.98 Å². The van der Waals surface area contributed by atoms with Gasteiger partial charge < -0.3 is 10.7 Å². The average Bonchev–Trinajstić information content (AvgIpc) is 2.67. The van der Waals surface area contributed by atoms with Gasteiger partial charge in [-0.1, -0.05) is 0 Å². The molecular formula is C9H7N5. The van der Waals surface area contributed by atoms with Crippen molar-refractivity contribution in [2.45, 2.75) is 0 Å². The van der Waals surface area contributed by atoms with Gasteiger partial charge in [-0.2, -0.15) is 0 Å². The van der Waals surface area contributed by atoms with E-state index in [-0.39, 0.29) is 0 Å². The Hall–Kier alpha value is -2.17. The van der Waals surface area contributed by atoms with Gasteiger partial charge in [0, 0.05) is 12.4 Å². The Kier molecular flexibility index (Phi) is 1.25. The first-order valence-electron chi connectivity index (χ1n) is 4.18. The highest BCUT2D eigenvalue weighted by Crippen LogP contribution is 2.24. The van der Waals surface area contributed by atoms with Crippen LogP contribution in [0.2, 0.25) is 0 Å². The fourth-order valence-electron chi connectivity index (χ4n) is 1.56. The topological polar surface area (TPSA) is 80.5 Å². The Morgan fingerprint density at radius 1 is 1.07 bits per heavy atom. The number of nitrogen functional groups attached to an aromatic ring is 1. The lowest BCUT2D eigenvalue weighted by Crippen LogP contribution is -1.90. The first-order valence-corrected chi connectivity index (χ1v) is 4.18. The Morgan fingerprint density at radius 3 is 2.86 bits per heavy atom. The quantitative estimate of drug-likeness (QED) is 0.514. The number of fused-ring (bicyclic) bond motifs is 3. The second kappa shape index (κ2) is 2.41. The number of hydrogen-bond donors (Lipinski definition) is 2. The number of nitrogens with one attached hydrogen (secondary N) is 1. The van der Waals surface area contributed by atoms with Gasteiger partial charge >= 0.3 is 0 Å². The molecule has 5 nitrogen and oxygen atoms in total. The van der Waals surface area contributed by atoms with Crippen molar-refractivity contribution < 1.29 is 0 Å². The van der Waals surface area contributed by atoms with E-state index in [0.29, 0.717) is 5.69 Å². The van der Waals surface area contributed by atoms with Crippen molar-refractivity contribution in [3.8, 4) is 0 Å². The van der Waals surface area contributed by atoms with Crippen molar-refractivity contribution >= 4 is 27.8 Å². The third kappa shape index (κ3) is 0.806. The number of aromatic nitrogens is 4. The van der Waals surface area contributed by atoms with Gasteiger partial charge in [-0.05, 0) is 6.07 Å². The van der Waals surface area contributed by atoms with Crippen molar-refractivity contribution in [3.05, 3.63) is 24.8 Å². The Morgan fingerprint density at radius 2 is 1.93 bits per heavy atom. The summed E-state index contributed by atoms with van der Waals surface area (Å²) in [7, 11) is 0. The summed E-state index contributed by atoms with van der Waals surface area (Å²) < 4.78 is 0. The number of nitrogens with two attached hydrogens (primary N) is 1. The molecule has 0 aliphatic heterocycles. The number of nitrogens with zero attached hydrogens (tertiary/aromatic N) is 3. The Bertz CT molecular complexity index is 613. The lowest BCUT2D eigenvalue weighted by atomic mass is 10.2. The number of hydrogen-bond acceptors (Lipinski definition) is 4. The van der Waals surface area contributed by atoms with Crippen LogP contribution in [0.3, 0.4) is 0 Å². The van der Waals surface area contributed by atoms with Gasteiger partial charge in [0.25, 0.3) is 0 Å². The third-order valence-corrected chi connectivity index (χ3v) is 2.17. The number of imidazole rings is 1. The van der Waals surface area contributed by atoms with E-state index < -0.39 is 0 Å².